The van der Waals surface area contributed by atoms with Gasteiger partial charge in [-0.1, -0.05) is 18.5 Å². The van der Waals surface area contributed by atoms with Crippen molar-refractivity contribution in [2.75, 3.05) is 0 Å². The number of aromatic amines is 1. The van der Waals surface area contributed by atoms with Crippen LogP contribution in [-0.2, 0) is 9.84 Å². The molecule has 9 heteroatoms. The lowest BCUT2D eigenvalue weighted by molar-refractivity contribution is 0.382. The molecule has 1 aliphatic carbocycles. The van der Waals surface area contributed by atoms with E-state index in [0.29, 0.717) is 30.1 Å². The monoisotopic (exact) mass is 468 g/mol. The van der Waals surface area contributed by atoms with Gasteiger partial charge in [-0.25, -0.2) is 26.6 Å². The summed E-state index contributed by atoms with van der Waals surface area (Å²) in [7, 11) is -3.62. The zero-order chi connectivity index (χ0) is 22.3. The van der Waals surface area contributed by atoms with E-state index in [9.17, 15) is 21.6 Å². The predicted molar refractivity (Wildman–Crippen MR) is 113 cm³/mol. The van der Waals surface area contributed by atoms with E-state index < -0.39 is 32.5 Å². The lowest BCUT2D eigenvalue weighted by atomic mass is 9.91. The predicted octanol–water partition coefficient (Wildman–Crippen LogP) is 6.17. The van der Waals surface area contributed by atoms with Gasteiger partial charge in [0.05, 0.1) is 27.1 Å². The molecule has 4 nitrogen and oxygen atoms in total. The average molecular weight is 469 g/mol. The van der Waals surface area contributed by atoms with Gasteiger partial charge in [0.1, 0.15) is 5.82 Å². The van der Waals surface area contributed by atoms with Gasteiger partial charge in [0.2, 0.25) is 0 Å². The molecule has 2 aromatic carbocycles. The van der Waals surface area contributed by atoms with Crippen LogP contribution in [-0.4, -0.2) is 23.6 Å². The van der Waals surface area contributed by atoms with Crippen molar-refractivity contribution in [2.45, 2.75) is 42.8 Å². The number of nitrogens with zero attached hydrogens (tertiary/aromatic N) is 1. The van der Waals surface area contributed by atoms with Gasteiger partial charge in [0, 0.05) is 11.1 Å². The Morgan fingerprint density at radius 1 is 1.00 bits per heavy atom. The molecule has 1 fully saturated rings. The lowest BCUT2D eigenvalue weighted by Crippen LogP contribution is -2.26. The fourth-order valence-electron chi connectivity index (χ4n) is 3.91. The highest BCUT2D eigenvalue weighted by molar-refractivity contribution is 7.92. The second-order valence-corrected chi connectivity index (χ2v) is 10.6. The van der Waals surface area contributed by atoms with Crippen molar-refractivity contribution in [3.05, 3.63) is 59.0 Å². The van der Waals surface area contributed by atoms with E-state index in [1.807, 2.05) is 0 Å². The summed E-state index contributed by atoms with van der Waals surface area (Å²) >= 11 is 6.24. The van der Waals surface area contributed by atoms with Gasteiger partial charge in [-0.15, -0.1) is 0 Å². The number of rotatable bonds is 4. The Morgan fingerprint density at radius 2 is 1.65 bits per heavy atom. The summed E-state index contributed by atoms with van der Waals surface area (Å²) < 4.78 is 66.7. The van der Waals surface area contributed by atoms with Crippen LogP contribution in [0, 0.1) is 23.4 Å². The topological polar surface area (TPSA) is 62.8 Å². The largest absolute Gasteiger partial charge is 0.338 e. The summed E-state index contributed by atoms with van der Waals surface area (Å²) in [6.07, 6.45) is 4.24. The molecule has 1 aliphatic rings. The van der Waals surface area contributed by atoms with Crippen molar-refractivity contribution in [3.8, 4) is 22.6 Å². The average Bonchev–Trinajstić information content (AvgIpc) is 3.22. The Hall–Kier alpha value is -2.32. The first-order valence-electron chi connectivity index (χ1n) is 9.90. The minimum absolute atomic E-state index is 0.0445. The van der Waals surface area contributed by atoms with E-state index in [4.69, 9.17) is 11.6 Å². The SMILES string of the molecule is CC1CCC(S(=O)(=O)c2cc(-c3ncc(-c4cc(F)c(F)c(F)c4)[nH]3)ccc2Cl)CC1. The molecule has 1 aromatic heterocycles. The molecule has 1 N–H and O–H groups in total. The summed E-state index contributed by atoms with van der Waals surface area (Å²) in [6, 6.07) is 6.28. The summed E-state index contributed by atoms with van der Waals surface area (Å²) in [5, 5.41) is -0.342. The fraction of sp³-hybridized carbons (Fsp3) is 0.318. The van der Waals surface area contributed by atoms with Gasteiger partial charge in [0.15, 0.2) is 27.3 Å². The molecule has 31 heavy (non-hydrogen) atoms. The third-order valence-electron chi connectivity index (χ3n) is 5.78. The van der Waals surface area contributed by atoms with Gasteiger partial charge in [0.25, 0.3) is 0 Å². The Labute approximate surface area is 183 Å². The normalized spacial score (nSPS) is 19.5. The van der Waals surface area contributed by atoms with Crippen LogP contribution in [0.25, 0.3) is 22.6 Å². The minimum Gasteiger partial charge on any atom is -0.338 e. The fourth-order valence-corrected chi connectivity index (χ4v) is 6.24. The van der Waals surface area contributed by atoms with Gasteiger partial charge in [-0.2, -0.15) is 0 Å². The quantitative estimate of drug-likeness (QED) is 0.466. The second kappa shape index (κ2) is 8.31. The number of nitrogens with one attached hydrogen (secondary N) is 1. The molecular formula is C22H20ClF3N2O2S. The van der Waals surface area contributed by atoms with Crippen molar-refractivity contribution in [3.63, 3.8) is 0 Å². The number of benzene rings is 2. The number of H-pyrrole nitrogens is 1. The van der Waals surface area contributed by atoms with Crippen LogP contribution in [0.5, 0.6) is 0 Å². The molecule has 0 atom stereocenters. The van der Waals surface area contributed by atoms with Crippen molar-refractivity contribution < 1.29 is 21.6 Å². The highest BCUT2D eigenvalue weighted by atomic mass is 35.5. The molecule has 0 radical (unpaired) electrons. The van der Waals surface area contributed by atoms with Crippen LogP contribution in [0.4, 0.5) is 13.2 Å². The smallest absolute Gasteiger partial charge is 0.194 e. The molecule has 3 aromatic rings. The Bertz CT molecular complexity index is 1210. The number of hydrogen-bond donors (Lipinski definition) is 1. The summed E-state index contributed by atoms with van der Waals surface area (Å²) in [5.41, 5.74) is 0.795. The molecule has 0 aliphatic heterocycles. The molecule has 0 unspecified atom stereocenters. The third kappa shape index (κ3) is 4.23. The van der Waals surface area contributed by atoms with E-state index in [2.05, 4.69) is 16.9 Å². The Kier molecular flexibility index (Phi) is 5.87. The van der Waals surface area contributed by atoms with E-state index >= 15 is 0 Å². The van der Waals surface area contributed by atoms with Gasteiger partial charge < -0.3 is 4.98 Å². The van der Waals surface area contributed by atoms with Crippen molar-refractivity contribution >= 4 is 21.4 Å². The highest BCUT2D eigenvalue weighted by Crippen LogP contribution is 2.36. The van der Waals surface area contributed by atoms with Crippen LogP contribution in [0.2, 0.25) is 5.02 Å². The number of imidazole rings is 1. The lowest BCUT2D eigenvalue weighted by Gasteiger charge is -2.26. The Morgan fingerprint density at radius 3 is 2.29 bits per heavy atom. The summed E-state index contributed by atoms with van der Waals surface area (Å²) in [6.45, 7) is 2.11. The van der Waals surface area contributed by atoms with Crippen molar-refractivity contribution in [1.82, 2.24) is 9.97 Å². The molecule has 1 heterocycles. The first kappa shape index (κ1) is 21.9. The maximum absolute atomic E-state index is 13.6. The summed E-state index contributed by atoms with van der Waals surface area (Å²) in [5.74, 6) is -3.37. The summed E-state index contributed by atoms with van der Waals surface area (Å²) in [4.78, 5) is 7.13. The number of halogens is 4. The van der Waals surface area contributed by atoms with Crippen LogP contribution in [0.15, 0.2) is 41.4 Å². The second-order valence-electron chi connectivity index (χ2n) is 7.97. The molecule has 0 bridgehead atoms. The third-order valence-corrected chi connectivity index (χ3v) is 8.53. The molecule has 0 saturated heterocycles. The van der Waals surface area contributed by atoms with Crippen LogP contribution >= 0.6 is 11.6 Å². The number of hydrogen-bond acceptors (Lipinski definition) is 3. The molecule has 1 saturated carbocycles. The van der Waals surface area contributed by atoms with Gasteiger partial charge in [-0.05, 0) is 61.9 Å². The maximum Gasteiger partial charge on any atom is 0.194 e. The van der Waals surface area contributed by atoms with Gasteiger partial charge >= 0.3 is 0 Å². The van der Waals surface area contributed by atoms with Crippen molar-refractivity contribution in [2.24, 2.45) is 5.92 Å². The van der Waals surface area contributed by atoms with Crippen LogP contribution < -0.4 is 0 Å². The molecular weight excluding hydrogens is 449 g/mol. The van der Waals surface area contributed by atoms with Crippen molar-refractivity contribution in [1.29, 1.82) is 0 Å². The van der Waals surface area contributed by atoms with E-state index in [1.54, 1.807) is 6.07 Å². The minimum atomic E-state index is -3.62. The zero-order valence-electron chi connectivity index (χ0n) is 16.6. The van der Waals surface area contributed by atoms with E-state index in [-0.39, 0.29) is 21.2 Å². The first-order valence-corrected chi connectivity index (χ1v) is 11.8. The standard InChI is InChI=1S/C22H20ClF3N2O2S/c1-12-2-5-15(6-3-12)31(29,30)20-10-13(4-7-16(20)23)22-27-11-19(28-22)14-8-17(24)21(26)18(25)9-14/h4,7-12,15H,2-3,5-6H2,1H3,(H,27,28). The maximum atomic E-state index is 13.6. The molecule has 0 amide bonds. The molecule has 164 valence electrons. The van der Waals surface area contributed by atoms with Crippen LogP contribution in [0.1, 0.15) is 32.6 Å². The van der Waals surface area contributed by atoms with Gasteiger partial charge in [-0.3, -0.25) is 0 Å². The Balaban J connectivity index is 1.68. The molecule has 4 rings (SSSR count). The van der Waals surface area contributed by atoms with E-state index in [1.165, 1.54) is 18.3 Å². The number of aromatic nitrogens is 2. The zero-order valence-corrected chi connectivity index (χ0v) is 18.2. The highest BCUT2D eigenvalue weighted by Gasteiger charge is 2.32. The molecule has 0 spiro atoms. The van der Waals surface area contributed by atoms with Crippen LogP contribution in [0.3, 0.4) is 0 Å². The van der Waals surface area contributed by atoms with E-state index in [0.717, 1.165) is 25.0 Å². The first-order chi connectivity index (χ1) is 14.7. The number of sulfone groups is 1.